The van der Waals surface area contributed by atoms with E-state index in [2.05, 4.69) is 40.9 Å². The summed E-state index contributed by atoms with van der Waals surface area (Å²) < 4.78 is 27.9. The van der Waals surface area contributed by atoms with E-state index in [0.29, 0.717) is 23.2 Å². The summed E-state index contributed by atoms with van der Waals surface area (Å²) in [6, 6.07) is 15.2. The van der Waals surface area contributed by atoms with Gasteiger partial charge in [-0.3, -0.25) is 4.98 Å². The largest absolute Gasteiger partial charge is 0.264 e. The summed E-state index contributed by atoms with van der Waals surface area (Å²) in [6.07, 6.45) is 4.94. The van der Waals surface area contributed by atoms with E-state index in [4.69, 9.17) is 0 Å². The summed E-state index contributed by atoms with van der Waals surface area (Å²) in [5, 5.41) is 1.50. The second-order valence-electron chi connectivity index (χ2n) is 5.67. The lowest BCUT2D eigenvalue weighted by Gasteiger charge is -2.09. The van der Waals surface area contributed by atoms with E-state index >= 15 is 0 Å². The molecule has 0 amide bonds. The number of hydrogen-bond donors (Lipinski definition) is 1. The van der Waals surface area contributed by atoms with Crippen molar-refractivity contribution >= 4 is 20.8 Å². The van der Waals surface area contributed by atoms with Crippen molar-refractivity contribution in [3.8, 4) is 0 Å². The molecule has 4 nitrogen and oxygen atoms in total. The first-order valence-corrected chi connectivity index (χ1v) is 9.48. The number of nitrogens with one attached hydrogen (secondary N) is 1. The zero-order valence-electron chi connectivity index (χ0n) is 13.6. The Morgan fingerprint density at radius 2 is 1.75 bits per heavy atom. The van der Waals surface area contributed by atoms with Crippen molar-refractivity contribution in [3.05, 3.63) is 72.1 Å². The number of sulfonamides is 1. The van der Waals surface area contributed by atoms with Crippen molar-refractivity contribution in [2.24, 2.45) is 0 Å². The average Bonchev–Trinajstić information content (AvgIpc) is 2.61. The van der Waals surface area contributed by atoms with Gasteiger partial charge < -0.3 is 0 Å². The summed E-state index contributed by atoms with van der Waals surface area (Å²) in [6.45, 7) is 2.48. The Hall–Kier alpha value is -2.24. The summed E-state index contributed by atoms with van der Waals surface area (Å²) in [7, 11) is -3.55. The molecule has 0 atom stereocenters. The van der Waals surface area contributed by atoms with Crippen LogP contribution in [0.2, 0.25) is 0 Å². The second kappa shape index (κ2) is 7.11. The molecular weight excluding hydrogens is 320 g/mol. The number of aromatic nitrogens is 1. The summed E-state index contributed by atoms with van der Waals surface area (Å²) >= 11 is 0. The van der Waals surface area contributed by atoms with Crippen molar-refractivity contribution in [3.63, 3.8) is 0 Å². The summed E-state index contributed by atoms with van der Waals surface area (Å²) in [4.78, 5) is 4.33. The van der Waals surface area contributed by atoms with Crippen LogP contribution in [0.15, 0.2) is 65.8 Å². The fraction of sp³-hybridized carbons (Fsp3) is 0.211. The molecule has 0 radical (unpaired) electrons. The van der Waals surface area contributed by atoms with Crippen LogP contribution in [0.4, 0.5) is 0 Å². The highest BCUT2D eigenvalue weighted by Crippen LogP contribution is 2.21. The lowest BCUT2D eigenvalue weighted by molar-refractivity contribution is 0.582. The first kappa shape index (κ1) is 16.6. The molecule has 0 spiro atoms. The van der Waals surface area contributed by atoms with Gasteiger partial charge in [0.25, 0.3) is 0 Å². The number of aryl methyl sites for hydroxylation is 1. The molecule has 1 heterocycles. The maximum absolute atomic E-state index is 12.6. The minimum atomic E-state index is -3.55. The van der Waals surface area contributed by atoms with Crippen LogP contribution in [0.5, 0.6) is 0 Å². The molecule has 2 aromatic carbocycles. The van der Waals surface area contributed by atoms with E-state index in [1.165, 1.54) is 5.56 Å². The maximum atomic E-state index is 12.6. The number of fused-ring (bicyclic) bond motifs is 1. The Balaban J connectivity index is 1.73. The molecule has 24 heavy (non-hydrogen) atoms. The van der Waals surface area contributed by atoms with Gasteiger partial charge in [-0.05, 0) is 36.1 Å². The molecule has 0 fully saturated rings. The Morgan fingerprint density at radius 1 is 1.00 bits per heavy atom. The van der Waals surface area contributed by atoms with Gasteiger partial charge in [0, 0.05) is 29.7 Å². The van der Waals surface area contributed by atoms with Crippen molar-refractivity contribution in [1.29, 1.82) is 0 Å². The van der Waals surface area contributed by atoms with Gasteiger partial charge in [0.2, 0.25) is 10.0 Å². The molecule has 1 N–H and O–H groups in total. The Morgan fingerprint density at radius 3 is 2.50 bits per heavy atom. The fourth-order valence-electron chi connectivity index (χ4n) is 2.68. The summed E-state index contributed by atoms with van der Waals surface area (Å²) in [5.41, 5.74) is 2.40. The number of hydrogen-bond acceptors (Lipinski definition) is 3. The van der Waals surface area contributed by atoms with Gasteiger partial charge in [0.1, 0.15) is 0 Å². The molecule has 0 saturated heterocycles. The molecule has 3 aromatic rings. The maximum Gasteiger partial charge on any atom is 0.241 e. The quantitative estimate of drug-likeness (QED) is 0.749. The molecule has 0 aliphatic heterocycles. The van der Waals surface area contributed by atoms with Crippen LogP contribution in [-0.2, 0) is 22.9 Å². The fourth-order valence-corrected chi connectivity index (χ4v) is 3.94. The van der Waals surface area contributed by atoms with Gasteiger partial charge in [-0.1, -0.05) is 43.3 Å². The van der Waals surface area contributed by atoms with E-state index in [1.54, 1.807) is 30.6 Å². The molecule has 1 aromatic heterocycles. The van der Waals surface area contributed by atoms with Crippen LogP contribution >= 0.6 is 0 Å². The number of benzene rings is 2. The van der Waals surface area contributed by atoms with E-state index in [1.807, 2.05) is 6.07 Å². The summed E-state index contributed by atoms with van der Waals surface area (Å²) in [5.74, 6) is 0. The first-order chi connectivity index (χ1) is 11.6. The van der Waals surface area contributed by atoms with E-state index in [9.17, 15) is 8.42 Å². The van der Waals surface area contributed by atoms with Crippen LogP contribution in [-0.4, -0.2) is 19.9 Å². The molecule has 0 unspecified atom stereocenters. The van der Waals surface area contributed by atoms with E-state index < -0.39 is 10.0 Å². The van der Waals surface area contributed by atoms with Gasteiger partial charge in [-0.15, -0.1) is 0 Å². The van der Waals surface area contributed by atoms with Gasteiger partial charge in [-0.2, -0.15) is 0 Å². The normalized spacial score (nSPS) is 11.7. The minimum absolute atomic E-state index is 0.295. The number of rotatable bonds is 6. The van der Waals surface area contributed by atoms with Crippen LogP contribution in [0.3, 0.4) is 0 Å². The highest BCUT2D eigenvalue weighted by Gasteiger charge is 2.16. The number of pyridine rings is 1. The number of nitrogens with zero attached hydrogens (tertiary/aromatic N) is 1. The Bertz CT molecular complexity index is 930. The molecule has 0 aliphatic carbocycles. The smallest absolute Gasteiger partial charge is 0.241 e. The van der Waals surface area contributed by atoms with Crippen LogP contribution in [0.1, 0.15) is 18.1 Å². The van der Waals surface area contributed by atoms with Crippen molar-refractivity contribution in [2.45, 2.75) is 24.7 Å². The van der Waals surface area contributed by atoms with E-state index in [-0.39, 0.29) is 0 Å². The average molecular weight is 340 g/mol. The second-order valence-corrected chi connectivity index (χ2v) is 7.41. The zero-order chi connectivity index (χ0) is 17.0. The topological polar surface area (TPSA) is 59.1 Å². The van der Waals surface area contributed by atoms with E-state index in [0.717, 1.165) is 17.4 Å². The van der Waals surface area contributed by atoms with Crippen molar-refractivity contribution in [2.75, 3.05) is 6.54 Å². The highest BCUT2D eigenvalue weighted by atomic mass is 32.2. The third-order valence-corrected chi connectivity index (χ3v) is 5.59. The minimum Gasteiger partial charge on any atom is -0.264 e. The third kappa shape index (κ3) is 3.63. The molecule has 5 heteroatoms. The molecule has 0 saturated carbocycles. The standard InChI is InChI=1S/C19H20N2O2S/c1-2-15-6-8-16(9-7-15)10-13-21-24(22,23)19-5-3-4-17-14-20-12-11-18(17)19/h3-9,11-12,14,21H,2,10,13H2,1H3. The SMILES string of the molecule is CCc1ccc(CCNS(=O)(=O)c2cccc3cnccc23)cc1. The van der Waals surface area contributed by atoms with Crippen molar-refractivity contribution in [1.82, 2.24) is 9.71 Å². The zero-order valence-corrected chi connectivity index (χ0v) is 14.4. The highest BCUT2D eigenvalue weighted by molar-refractivity contribution is 7.89. The van der Waals surface area contributed by atoms with Gasteiger partial charge >= 0.3 is 0 Å². The Labute approximate surface area is 142 Å². The lowest BCUT2D eigenvalue weighted by Crippen LogP contribution is -2.26. The first-order valence-electron chi connectivity index (χ1n) is 8.00. The van der Waals surface area contributed by atoms with Crippen LogP contribution < -0.4 is 4.72 Å². The molecular formula is C19H20N2O2S. The predicted octanol–water partition coefficient (Wildman–Crippen LogP) is 3.32. The molecule has 3 rings (SSSR count). The predicted molar refractivity (Wildman–Crippen MR) is 96.5 cm³/mol. The molecule has 0 aliphatic rings. The van der Waals surface area contributed by atoms with Crippen LogP contribution in [0.25, 0.3) is 10.8 Å². The van der Waals surface area contributed by atoms with Crippen LogP contribution in [0, 0.1) is 0 Å². The molecule has 124 valence electrons. The van der Waals surface area contributed by atoms with Gasteiger partial charge in [0.15, 0.2) is 0 Å². The lowest BCUT2D eigenvalue weighted by atomic mass is 10.1. The monoisotopic (exact) mass is 340 g/mol. The van der Waals surface area contributed by atoms with Crippen molar-refractivity contribution < 1.29 is 8.42 Å². The van der Waals surface area contributed by atoms with Gasteiger partial charge in [0.05, 0.1) is 4.90 Å². The Kier molecular flexibility index (Phi) is 4.92. The third-order valence-electron chi connectivity index (χ3n) is 4.07. The molecule has 0 bridgehead atoms. The van der Waals surface area contributed by atoms with Gasteiger partial charge in [-0.25, -0.2) is 13.1 Å².